The van der Waals surface area contributed by atoms with Crippen LogP contribution in [-0.4, -0.2) is 0 Å². The summed E-state index contributed by atoms with van der Waals surface area (Å²) in [5.41, 5.74) is 20.7. The Bertz CT molecular complexity index is 2790. The normalized spacial score (nSPS) is 15.1. The molecular formula is C58H48. The van der Waals surface area contributed by atoms with Crippen LogP contribution in [0.15, 0.2) is 146 Å². The molecule has 3 aliphatic carbocycles. The smallest absolute Gasteiger partial charge is 0.00235 e. The van der Waals surface area contributed by atoms with Crippen molar-refractivity contribution in [3.63, 3.8) is 0 Å². The molecule has 280 valence electrons. The minimum Gasteiger partial charge on any atom is -0.0616 e. The number of benzene rings is 9. The highest BCUT2D eigenvalue weighted by Crippen LogP contribution is 2.51. The van der Waals surface area contributed by atoms with Gasteiger partial charge in [-0.15, -0.1) is 0 Å². The lowest BCUT2D eigenvalue weighted by Crippen LogP contribution is -2.08. The second kappa shape index (κ2) is 13.8. The van der Waals surface area contributed by atoms with Gasteiger partial charge in [0.1, 0.15) is 0 Å². The van der Waals surface area contributed by atoms with Gasteiger partial charge in [0.2, 0.25) is 0 Å². The highest BCUT2D eigenvalue weighted by atomic mass is 14.3. The predicted molar refractivity (Wildman–Crippen MR) is 248 cm³/mol. The van der Waals surface area contributed by atoms with Gasteiger partial charge in [-0.1, -0.05) is 146 Å². The Labute approximate surface area is 342 Å². The van der Waals surface area contributed by atoms with E-state index in [0.717, 1.165) is 12.8 Å². The average molecular weight is 745 g/mol. The maximum Gasteiger partial charge on any atom is -0.00235 e. The lowest BCUT2D eigenvalue weighted by Gasteiger charge is -2.28. The second-order valence-corrected chi connectivity index (χ2v) is 17.3. The van der Waals surface area contributed by atoms with E-state index in [1.807, 2.05) is 0 Å². The maximum atomic E-state index is 2.52. The highest BCUT2D eigenvalue weighted by molar-refractivity contribution is 6.24. The van der Waals surface area contributed by atoms with E-state index in [0.29, 0.717) is 0 Å². The molecule has 0 saturated heterocycles. The summed E-state index contributed by atoms with van der Waals surface area (Å²) in [5.74, 6) is 0. The van der Waals surface area contributed by atoms with Crippen molar-refractivity contribution in [3.8, 4) is 44.5 Å². The average Bonchev–Trinajstić information content (AvgIpc) is 3.29. The molecule has 0 amide bonds. The third-order valence-electron chi connectivity index (χ3n) is 14.3. The van der Waals surface area contributed by atoms with Crippen molar-refractivity contribution in [2.75, 3.05) is 0 Å². The van der Waals surface area contributed by atoms with Gasteiger partial charge in [0, 0.05) is 0 Å². The van der Waals surface area contributed by atoms with Crippen molar-refractivity contribution >= 4 is 43.1 Å². The van der Waals surface area contributed by atoms with E-state index in [9.17, 15) is 0 Å². The van der Waals surface area contributed by atoms with Crippen LogP contribution in [0.2, 0.25) is 0 Å². The number of fused-ring (bicyclic) bond motifs is 7. The molecule has 0 heteroatoms. The fraction of sp³-hybridized carbons (Fsp3) is 0.207. The van der Waals surface area contributed by atoms with E-state index in [1.165, 1.54) is 152 Å². The molecule has 0 atom stereocenters. The molecule has 12 rings (SSSR count). The Morgan fingerprint density at radius 1 is 0.207 bits per heavy atom. The SMILES string of the molecule is c1cc2c(c(-c3c4ccccc4c(-c4ccc(-c5c6ccccc6c(-c6cccc7c6CCCC7)c6ccccc56)c5c4CCCC5)c4ccccc34)c1)CCCC2. The Balaban J connectivity index is 1.13. The van der Waals surface area contributed by atoms with Crippen molar-refractivity contribution < 1.29 is 0 Å². The molecule has 0 nitrogen and oxygen atoms in total. The third-order valence-corrected chi connectivity index (χ3v) is 14.3. The van der Waals surface area contributed by atoms with E-state index in [-0.39, 0.29) is 0 Å². The molecule has 0 unspecified atom stereocenters. The standard InChI is InChI=1S/C58H48/c1-3-21-39-37(17-1)19-15-33-43(39)55-45-25-7-11-29-49(45)57(50-30-12-8-26-46(50)55)53-35-36-54(42-24-6-5-23-41(42)53)58-51-31-13-9-27-47(51)56(48-28-10-14-32-52(48)58)44-34-16-20-38-18-2-4-22-40(38)44/h7-16,19-20,25-36H,1-6,17-18,21-24H2. The van der Waals surface area contributed by atoms with Crippen LogP contribution in [0.1, 0.15) is 71.9 Å². The zero-order valence-electron chi connectivity index (χ0n) is 33.3. The molecule has 9 aromatic carbocycles. The zero-order valence-corrected chi connectivity index (χ0v) is 33.3. The molecule has 58 heavy (non-hydrogen) atoms. The Kier molecular flexibility index (Phi) is 8.14. The van der Waals surface area contributed by atoms with Crippen LogP contribution in [0.25, 0.3) is 87.6 Å². The van der Waals surface area contributed by atoms with E-state index < -0.39 is 0 Å². The van der Waals surface area contributed by atoms with Crippen LogP contribution >= 0.6 is 0 Å². The first kappa shape index (κ1) is 34.1. The van der Waals surface area contributed by atoms with Gasteiger partial charge in [-0.25, -0.2) is 0 Å². The van der Waals surface area contributed by atoms with Gasteiger partial charge >= 0.3 is 0 Å². The van der Waals surface area contributed by atoms with Gasteiger partial charge in [-0.3, -0.25) is 0 Å². The molecule has 9 aromatic rings. The molecule has 0 aliphatic heterocycles. The summed E-state index contributed by atoms with van der Waals surface area (Å²) in [5, 5.41) is 11.0. The first-order valence-electron chi connectivity index (χ1n) is 22.1. The summed E-state index contributed by atoms with van der Waals surface area (Å²) in [4.78, 5) is 0. The van der Waals surface area contributed by atoms with Crippen LogP contribution < -0.4 is 0 Å². The number of hydrogen-bond acceptors (Lipinski definition) is 0. The molecule has 0 aromatic heterocycles. The lowest BCUT2D eigenvalue weighted by molar-refractivity contribution is 0.687. The molecule has 3 aliphatic rings. The second-order valence-electron chi connectivity index (χ2n) is 17.3. The van der Waals surface area contributed by atoms with Crippen LogP contribution in [0.4, 0.5) is 0 Å². The monoisotopic (exact) mass is 744 g/mol. The highest BCUT2D eigenvalue weighted by Gasteiger charge is 2.27. The van der Waals surface area contributed by atoms with Crippen LogP contribution in [0, 0.1) is 0 Å². The molecule has 0 spiro atoms. The van der Waals surface area contributed by atoms with Crippen molar-refractivity contribution in [1.29, 1.82) is 0 Å². The molecule has 0 heterocycles. The largest absolute Gasteiger partial charge is 0.0616 e. The Morgan fingerprint density at radius 2 is 0.466 bits per heavy atom. The first-order chi connectivity index (χ1) is 28.8. The fourth-order valence-electron chi connectivity index (χ4n) is 11.8. The third kappa shape index (κ3) is 5.20. The van der Waals surface area contributed by atoms with E-state index in [1.54, 1.807) is 33.4 Å². The maximum absolute atomic E-state index is 2.52. The quantitative estimate of drug-likeness (QED) is 0.157. The van der Waals surface area contributed by atoms with E-state index in [2.05, 4.69) is 146 Å². The lowest BCUT2D eigenvalue weighted by atomic mass is 9.76. The molecule has 0 saturated carbocycles. The summed E-state index contributed by atoms with van der Waals surface area (Å²) in [6.07, 6.45) is 14.5. The summed E-state index contributed by atoms with van der Waals surface area (Å²) in [6, 6.07) is 56.5. The van der Waals surface area contributed by atoms with Crippen molar-refractivity contribution in [1.82, 2.24) is 0 Å². The number of hydrogen-bond donors (Lipinski definition) is 0. The minimum absolute atomic E-state index is 1.11. The van der Waals surface area contributed by atoms with Crippen LogP contribution in [0.5, 0.6) is 0 Å². The molecular weight excluding hydrogens is 697 g/mol. The topological polar surface area (TPSA) is 0 Å². The van der Waals surface area contributed by atoms with Gasteiger partial charge in [0.25, 0.3) is 0 Å². The van der Waals surface area contributed by atoms with Crippen LogP contribution in [-0.2, 0) is 38.5 Å². The summed E-state index contributed by atoms with van der Waals surface area (Å²) in [6.45, 7) is 0. The van der Waals surface area contributed by atoms with Crippen molar-refractivity contribution in [2.45, 2.75) is 77.0 Å². The van der Waals surface area contributed by atoms with Gasteiger partial charge in [0.15, 0.2) is 0 Å². The first-order valence-corrected chi connectivity index (χ1v) is 22.1. The summed E-state index contributed by atoms with van der Waals surface area (Å²) in [7, 11) is 0. The van der Waals surface area contributed by atoms with E-state index >= 15 is 0 Å². The van der Waals surface area contributed by atoms with Gasteiger partial charge in [-0.2, -0.15) is 0 Å². The van der Waals surface area contributed by atoms with Gasteiger partial charge < -0.3 is 0 Å². The molecule has 0 N–H and O–H groups in total. The number of rotatable bonds is 4. The van der Waals surface area contributed by atoms with Gasteiger partial charge in [0.05, 0.1) is 0 Å². The molecule has 0 radical (unpaired) electrons. The zero-order chi connectivity index (χ0) is 38.2. The van der Waals surface area contributed by atoms with Crippen molar-refractivity contribution in [2.24, 2.45) is 0 Å². The predicted octanol–water partition coefficient (Wildman–Crippen LogP) is 15.6. The van der Waals surface area contributed by atoms with Gasteiger partial charge in [-0.05, 0) is 198 Å². The Hall–Kier alpha value is -5.98. The Morgan fingerprint density at radius 3 is 0.776 bits per heavy atom. The van der Waals surface area contributed by atoms with Crippen LogP contribution in [0.3, 0.4) is 0 Å². The van der Waals surface area contributed by atoms with Crippen molar-refractivity contribution in [3.05, 3.63) is 179 Å². The van der Waals surface area contributed by atoms with E-state index in [4.69, 9.17) is 0 Å². The molecule has 0 bridgehead atoms. The number of aryl methyl sites for hydroxylation is 2. The fourth-order valence-corrected chi connectivity index (χ4v) is 11.8. The summed E-state index contributed by atoms with van der Waals surface area (Å²) >= 11 is 0. The summed E-state index contributed by atoms with van der Waals surface area (Å²) < 4.78 is 0. The molecule has 0 fully saturated rings. The minimum atomic E-state index is 1.11.